The van der Waals surface area contributed by atoms with Gasteiger partial charge in [0.25, 0.3) is 0 Å². The van der Waals surface area contributed by atoms with Crippen LogP contribution in [0.15, 0.2) is 72.9 Å². The quantitative estimate of drug-likeness (QED) is 0.0199. The molecule has 0 saturated heterocycles. The molecule has 63 heavy (non-hydrogen) atoms. The fourth-order valence-corrected chi connectivity index (χ4v) is 7.24. The van der Waals surface area contributed by atoms with Crippen LogP contribution in [-0.2, 0) is 28.6 Å². The molecule has 0 fully saturated rings. The van der Waals surface area contributed by atoms with Crippen molar-refractivity contribution in [1.82, 2.24) is 0 Å². The molecule has 0 aliphatic rings. The summed E-state index contributed by atoms with van der Waals surface area (Å²) in [7, 11) is 0. The highest BCUT2D eigenvalue weighted by Crippen LogP contribution is 2.14. The van der Waals surface area contributed by atoms with Gasteiger partial charge in [-0.05, 0) is 96.3 Å². The number of ether oxygens (including phenoxy) is 3. The van der Waals surface area contributed by atoms with Crippen molar-refractivity contribution >= 4 is 17.9 Å². The van der Waals surface area contributed by atoms with Crippen molar-refractivity contribution in [2.24, 2.45) is 0 Å². The molecule has 0 radical (unpaired) electrons. The summed E-state index contributed by atoms with van der Waals surface area (Å²) in [5.74, 6) is -0.927. The van der Waals surface area contributed by atoms with E-state index in [1.54, 1.807) is 0 Å². The molecule has 0 spiro atoms. The smallest absolute Gasteiger partial charge is 0.306 e. The number of unbranched alkanes of at least 4 members (excludes halogenated alkanes) is 26. The zero-order chi connectivity index (χ0) is 45.8. The fourth-order valence-electron chi connectivity index (χ4n) is 7.24. The first-order chi connectivity index (χ1) is 31.0. The Labute approximate surface area is 389 Å². The first kappa shape index (κ1) is 59.9. The fraction of sp³-hybridized carbons (Fsp3) is 0.737. The molecule has 0 N–H and O–H groups in total. The highest BCUT2D eigenvalue weighted by molar-refractivity contribution is 5.71. The molecular weight excluding hydrogens is 781 g/mol. The van der Waals surface area contributed by atoms with Gasteiger partial charge < -0.3 is 14.2 Å². The van der Waals surface area contributed by atoms with Crippen LogP contribution in [0.25, 0.3) is 0 Å². The average Bonchev–Trinajstić information content (AvgIpc) is 3.28. The van der Waals surface area contributed by atoms with Crippen molar-refractivity contribution in [3.63, 3.8) is 0 Å². The summed E-state index contributed by atoms with van der Waals surface area (Å²) < 4.78 is 16.8. The molecule has 1 atom stereocenters. The zero-order valence-electron chi connectivity index (χ0n) is 41.3. The van der Waals surface area contributed by atoms with Crippen molar-refractivity contribution in [2.45, 2.75) is 258 Å². The van der Waals surface area contributed by atoms with E-state index in [1.807, 2.05) is 0 Å². The van der Waals surface area contributed by atoms with Gasteiger partial charge in [-0.3, -0.25) is 14.4 Å². The summed E-state index contributed by atoms with van der Waals surface area (Å²) in [5.41, 5.74) is 0. The molecule has 1 unspecified atom stereocenters. The number of allylic oxidation sites excluding steroid dienone is 12. The zero-order valence-corrected chi connectivity index (χ0v) is 41.3. The largest absolute Gasteiger partial charge is 0.462 e. The van der Waals surface area contributed by atoms with Crippen LogP contribution in [-0.4, -0.2) is 37.2 Å². The van der Waals surface area contributed by atoms with Crippen LogP contribution in [0, 0.1) is 0 Å². The molecule has 0 aromatic rings. The molecule has 0 aliphatic heterocycles. The maximum atomic E-state index is 12.8. The molecule has 0 aliphatic carbocycles. The number of hydrogen-bond donors (Lipinski definition) is 0. The van der Waals surface area contributed by atoms with Crippen molar-refractivity contribution in [3.05, 3.63) is 72.9 Å². The third kappa shape index (κ3) is 49.7. The summed E-state index contributed by atoms with van der Waals surface area (Å²) >= 11 is 0. The number of carbonyl (C=O) groups excluding carboxylic acids is 3. The minimum Gasteiger partial charge on any atom is -0.462 e. The van der Waals surface area contributed by atoms with Gasteiger partial charge >= 0.3 is 17.9 Å². The van der Waals surface area contributed by atoms with Crippen LogP contribution in [0.2, 0.25) is 0 Å². The van der Waals surface area contributed by atoms with Crippen LogP contribution in [0.3, 0.4) is 0 Å². The maximum Gasteiger partial charge on any atom is 0.306 e. The first-order valence-electron chi connectivity index (χ1n) is 26.5. The van der Waals surface area contributed by atoms with Gasteiger partial charge in [-0.2, -0.15) is 0 Å². The van der Waals surface area contributed by atoms with E-state index >= 15 is 0 Å². The Bertz CT molecular complexity index is 1190. The van der Waals surface area contributed by atoms with Crippen LogP contribution in [0.5, 0.6) is 0 Å². The maximum absolute atomic E-state index is 12.8. The normalized spacial score (nSPS) is 12.6. The van der Waals surface area contributed by atoms with Gasteiger partial charge in [0.2, 0.25) is 0 Å². The summed E-state index contributed by atoms with van der Waals surface area (Å²) in [6.07, 6.45) is 64.5. The molecule has 0 heterocycles. The highest BCUT2D eigenvalue weighted by Gasteiger charge is 2.19. The Morgan fingerprint density at radius 1 is 0.349 bits per heavy atom. The second kappa shape index (κ2) is 51.5. The van der Waals surface area contributed by atoms with Crippen molar-refractivity contribution in [3.8, 4) is 0 Å². The van der Waals surface area contributed by atoms with E-state index in [0.29, 0.717) is 19.3 Å². The van der Waals surface area contributed by atoms with E-state index < -0.39 is 6.10 Å². The van der Waals surface area contributed by atoms with Gasteiger partial charge in [0.05, 0.1) is 0 Å². The third-order valence-electron chi connectivity index (χ3n) is 11.2. The Balaban J connectivity index is 4.43. The molecule has 0 saturated carbocycles. The molecule has 0 bridgehead atoms. The third-order valence-corrected chi connectivity index (χ3v) is 11.2. The van der Waals surface area contributed by atoms with Crippen molar-refractivity contribution in [2.75, 3.05) is 13.2 Å². The minimum atomic E-state index is -0.791. The topological polar surface area (TPSA) is 78.9 Å². The highest BCUT2D eigenvalue weighted by atomic mass is 16.6. The molecule has 0 aromatic heterocycles. The number of esters is 3. The van der Waals surface area contributed by atoms with Crippen LogP contribution >= 0.6 is 0 Å². The summed E-state index contributed by atoms with van der Waals surface area (Å²) in [4.78, 5) is 38.0. The lowest BCUT2D eigenvalue weighted by molar-refractivity contribution is -0.167. The van der Waals surface area contributed by atoms with Gasteiger partial charge in [0.15, 0.2) is 6.10 Å². The van der Waals surface area contributed by atoms with E-state index in [-0.39, 0.29) is 31.1 Å². The van der Waals surface area contributed by atoms with Crippen molar-refractivity contribution in [1.29, 1.82) is 0 Å². The molecule has 0 rings (SSSR count). The van der Waals surface area contributed by atoms with E-state index in [4.69, 9.17) is 14.2 Å². The van der Waals surface area contributed by atoms with E-state index in [2.05, 4.69) is 93.7 Å². The van der Waals surface area contributed by atoms with Gasteiger partial charge in [-0.1, -0.05) is 209 Å². The van der Waals surface area contributed by atoms with E-state index in [0.717, 1.165) is 109 Å². The van der Waals surface area contributed by atoms with Gasteiger partial charge in [-0.25, -0.2) is 0 Å². The monoisotopic (exact) mass is 879 g/mol. The van der Waals surface area contributed by atoms with Crippen LogP contribution in [0.1, 0.15) is 252 Å². The second-order valence-electron chi connectivity index (χ2n) is 17.5. The second-order valence-corrected chi connectivity index (χ2v) is 17.5. The molecule has 362 valence electrons. The standard InChI is InChI=1S/C57H98O6/c1-4-7-10-13-16-19-22-25-27-28-29-31-32-35-38-41-44-47-50-56(59)62-53-54(52-61-55(58)49-46-43-40-37-34-24-21-18-15-12-9-6-3)63-57(60)51-48-45-42-39-36-33-30-26-23-20-17-14-11-8-5-2/h9,12,18,20-23,25,27-29,31,54H,4-8,10-11,13-17,19,24,26,30,32-53H2,1-3H3/b12-9-,21-18-,23-20-,25-22-,28-27-,31-29-. The number of hydrogen-bond acceptors (Lipinski definition) is 6. The minimum absolute atomic E-state index is 0.0915. The summed E-state index contributed by atoms with van der Waals surface area (Å²) in [6, 6.07) is 0. The lowest BCUT2D eigenvalue weighted by Crippen LogP contribution is -2.30. The predicted octanol–water partition coefficient (Wildman–Crippen LogP) is 17.4. The van der Waals surface area contributed by atoms with Crippen LogP contribution in [0.4, 0.5) is 0 Å². The Kier molecular flexibility index (Phi) is 48.9. The van der Waals surface area contributed by atoms with Gasteiger partial charge in [0, 0.05) is 19.3 Å². The predicted molar refractivity (Wildman–Crippen MR) is 270 cm³/mol. The van der Waals surface area contributed by atoms with Crippen LogP contribution < -0.4 is 0 Å². The molecule has 0 amide bonds. The Morgan fingerprint density at radius 3 is 1.11 bits per heavy atom. The SMILES string of the molecule is CC/C=C\C/C=C\CCCCCCCC(=O)OCC(COC(=O)CCCCCCC\C=C/C=C\C=C/CCCCCCC)OC(=O)CCCCCCCCC/C=C\CCCCCC. The first-order valence-corrected chi connectivity index (χ1v) is 26.5. The lowest BCUT2D eigenvalue weighted by atomic mass is 10.1. The summed E-state index contributed by atoms with van der Waals surface area (Å²) in [6.45, 7) is 6.47. The number of carbonyl (C=O) groups is 3. The Morgan fingerprint density at radius 2 is 0.683 bits per heavy atom. The lowest BCUT2D eigenvalue weighted by Gasteiger charge is -2.18. The van der Waals surface area contributed by atoms with E-state index in [9.17, 15) is 14.4 Å². The molecular formula is C57H98O6. The van der Waals surface area contributed by atoms with Gasteiger partial charge in [0.1, 0.15) is 13.2 Å². The molecule has 6 heteroatoms. The Hall–Kier alpha value is -3.15. The van der Waals surface area contributed by atoms with E-state index in [1.165, 1.54) is 103 Å². The average molecular weight is 879 g/mol. The summed E-state index contributed by atoms with van der Waals surface area (Å²) in [5, 5.41) is 0. The molecule has 6 nitrogen and oxygen atoms in total. The van der Waals surface area contributed by atoms with Crippen molar-refractivity contribution < 1.29 is 28.6 Å². The number of rotatable bonds is 47. The molecule has 0 aromatic carbocycles. The van der Waals surface area contributed by atoms with Gasteiger partial charge in [-0.15, -0.1) is 0 Å².